The average Bonchev–Trinajstić information content (AvgIpc) is 2.35. The number of carboxylic acid groups (broad SMARTS) is 2. The number of unbranched alkanes of at least 4 members (excludes halogenated alkanes) is 8. The molecule has 0 aliphatic heterocycles. The molecule has 0 heterocycles. The Balaban J connectivity index is 3.25. The quantitative estimate of drug-likeness (QED) is 0.490. The number of aliphatic carboxylic acids is 2. The van der Waals surface area contributed by atoms with Gasteiger partial charge in [-0.15, -0.1) is 0 Å². The molecule has 0 spiro atoms. The van der Waals surface area contributed by atoms with Crippen LogP contribution in [-0.2, 0) is 9.59 Å². The molecule has 0 saturated heterocycles. The van der Waals surface area contributed by atoms with E-state index in [0.29, 0.717) is 6.42 Å². The van der Waals surface area contributed by atoms with Crippen molar-refractivity contribution in [3.63, 3.8) is 0 Å². The lowest BCUT2D eigenvalue weighted by Gasteiger charge is -2.18. The lowest BCUT2D eigenvalue weighted by Crippen LogP contribution is -2.23. The lowest BCUT2D eigenvalue weighted by molar-refractivity contribution is -0.147. The molecule has 0 aromatic heterocycles. The summed E-state index contributed by atoms with van der Waals surface area (Å²) < 4.78 is 0. The molecule has 0 aromatic carbocycles. The summed E-state index contributed by atoms with van der Waals surface area (Å²) in [5.41, 5.74) is -0.593. The minimum absolute atomic E-state index is 0.291. The third kappa shape index (κ3) is 10.8. The van der Waals surface area contributed by atoms with Crippen LogP contribution >= 0.6 is 0 Å². The molecule has 0 rings (SSSR count). The van der Waals surface area contributed by atoms with Crippen LogP contribution in [0.25, 0.3) is 0 Å². The molecule has 0 aromatic rings. The maximum atomic E-state index is 10.9. The van der Waals surface area contributed by atoms with Crippen molar-refractivity contribution >= 4 is 11.9 Å². The van der Waals surface area contributed by atoms with E-state index in [1.807, 2.05) is 0 Å². The van der Waals surface area contributed by atoms with Gasteiger partial charge in [0.2, 0.25) is 0 Å². The summed E-state index contributed by atoms with van der Waals surface area (Å²) in [6, 6.07) is 0. The van der Waals surface area contributed by atoms with Crippen LogP contribution in [0.15, 0.2) is 0 Å². The van der Waals surface area contributed by atoms with E-state index in [1.54, 1.807) is 13.8 Å². The zero-order chi connectivity index (χ0) is 15.4. The maximum absolute atomic E-state index is 10.9. The Bertz CT molecular complexity index is 284. The Kier molecular flexibility index (Phi) is 10.1. The monoisotopic (exact) mass is 286 g/mol. The number of hydrogen-bond donors (Lipinski definition) is 2. The highest BCUT2D eigenvalue weighted by Crippen LogP contribution is 2.24. The molecule has 4 heteroatoms. The summed E-state index contributed by atoms with van der Waals surface area (Å²) in [6.45, 7) is 3.57. The van der Waals surface area contributed by atoms with Crippen molar-refractivity contribution in [1.82, 2.24) is 0 Å². The lowest BCUT2D eigenvalue weighted by atomic mass is 9.87. The molecule has 0 bridgehead atoms. The molecule has 0 fully saturated rings. The highest BCUT2D eigenvalue weighted by Gasteiger charge is 2.25. The fourth-order valence-electron chi connectivity index (χ4n) is 2.19. The van der Waals surface area contributed by atoms with Crippen LogP contribution in [0, 0.1) is 5.41 Å². The van der Waals surface area contributed by atoms with Crippen LogP contribution in [0.2, 0.25) is 0 Å². The molecule has 118 valence electrons. The third-order valence-electron chi connectivity index (χ3n) is 3.77. The van der Waals surface area contributed by atoms with Crippen molar-refractivity contribution in [2.75, 3.05) is 0 Å². The Morgan fingerprint density at radius 2 is 1.15 bits per heavy atom. The molecular formula is C16H30O4. The van der Waals surface area contributed by atoms with Gasteiger partial charge in [0.15, 0.2) is 0 Å². The van der Waals surface area contributed by atoms with Gasteiger partial charge in [-0.25, -0.2) is 0 Å². The fraction of sp³-hybridized carbons (Fsp3) is 0.875. The second-order valence-corrected chi connectivity index (χ2v) is 6.26. The standard InChI is InChI=1S/C16H30O4/c1-16(2,15(19)20)13-11-9-7-5-3-4-6-8-10-12-14(17)18/h3-13H2,1-2H3,(H,17,18)(H,19,20). The van der Waals surface area contributed by atoms with E-state index in [1.165, 1.54) is 25.7 Å². The summed E-state index contributed by atoms with van der Waals surface area (Å²) in [6.07, 6.45) is 10.8. The molecule has 0 radical (unpaired) electrons. The average molecular weight is 286 g/mol. The molecular weight excluding hydrogens is 256 g/mol. The zero-order valence-corrected chi connectivity index (χ0v) is 13.0. The first-order valence-corrected chi connectivity index (χ1v) is 7.81. The Morgan fingerprint density at radius 1 is 0.750 bits per heavy atom. The second kappa shape index (κ2) is 10.7. The van der Waals surface area contributed by atoms with Crippen molar-refractivity contribution in [3.8, 4) is 0 Å². The van der Waals surface area contributed by atoms with Gasteiger partial charge in [-0.2, -0.15) is 0 Å². The van der Waals surface area contributed by atoms with Gasteiger partial charge < -0.3 is 10.2 Å². The SMILES string of the molecule is CC(C)(CCCCCCCCCCCC(=O)O)C(=O)O. The minimum Gasteiger partial charge on any atom is -0.481 e. The van der Waals surface area contributed by atoms with Crippen molar-refractivity contribution in [1.29, 1.82) is 0 Å². The molecule has 0 atom stereocenters. The molecule has 0 saturated carbocycles. The first kappa shape index (κ1) is 18.9. The predicted molar refractivity (Wildman–Crippen MR) is 79.8 cm³/mol. The topological polar surface area (TPSA) is 74.6 Å². The van der Waals surface area contributed by atoms with Crippen molar-refractivity contribution < 1.29 is 19.8 Å². The van der Waals surface area contributed by atoms with Crippen LogP contribution in [0.5, 0.6) is 0 Å². The molecule has 0 unspecified atom stereocenters. The molecule has 4 nitrogen and oxygen atoms in total. The number of carboxylic acids is 2. The van der Waals surface area contributed by atoms with E-state index in [0.717, 1.165) is 38.5 Å². The highest BCUT2D eigenvalue weighted by molar-refractivity contribution is 5.73. The molecule has 0 aliphatic rings. The van der Waals surface area contributed by atoms with Gasteiger partial charge in [0.25, 0.3) is 0 Å². The summed E-state index contributed by atoms with van der Waals surface area (Å²) in [5, 5.41) is 17.5. The Labute approximate surface area is 122 Å². The summed E-state index contributed by atoms with van der Waals surface area (Å²) in [4.78, 5) is 21.2. The zero-order valence-electron chi connectivity index (χ0n) is 13.0. The van der Waals surface area contributed by atoms with Gasteiger partial charge >= 0.3 is 11.9 Å². The van der Waals surface area contributed by atoms with Gasteiger partial charge in [-0.3, -0.25) is 9.59 Å². The van der Waals surface area contributed by atoms with Gasteiger partial charge in [0.1, 0.15) is 0 Å². The van der Waals surface area contributed by atoms with E-state index < -0.39 is 17.4 Å². The minimum atomic E-state index is -0.709. The fourth-order valence-corrected chi connectivity index (χ4v) is 2.19. The van der Waals surface area contributed by atoms with Crippen molar-refractivity contribution in [2.24, 2.45) is 5.41 Å². The van der Waals surface area contributed by atoms with Crippen molar-refractivity contribution in [3.05, 3.63) is 0 Å². The predicted octanol–water partition coefficient (Wildman–Crippen LogP) is 4.47. The first-order chi connectivity index (χ1) is 9.36. The molecule has 0 amide bonds. The number of carbonyl (C=O) groups is 2. The molecule has 0 aliphatic carbocycles. The molecule has 2 N–H and O–H groups in total. The van der Waals surface area contributed by atoms with Gasteiger partial charge in [0, 0.05) is 6.42 Å². The highest BCUT2D eigenvalue weighted by atomic mass is 16.4. The Morgan fingerprint density at radius 3 is 1.55 bits per heavy atom. The second-order valence-electron chi connectivity index (χ2n) is 6.26. The number of hydrogen-bond acceptors (Lipinski definition) is 2. The van der Waals surface area contributed by atoms with E-state index in [9.17, 15) is 9.59 Å². The number of rotatable bonds is 13. The smallest absolute Gasteiger partial charge is 0.309 e. The summed E-state index contributed by atoms with van der Waals surface area (Å²) >= 11 is 0. The van der Waals surface area contributed by atoms with E-state index in [2.05, 4.69) is 0 Å². The van der Waals surface area contributed by atoms with Crippen LogP contribution < -0.4 is 0 Å². The first-order valence-electron chi connectivity index (χ1n) is 7.81. The van der Waals surface area contributed by atoms with Crippen LogP contribution in [0.1, 0.15) is 84.5 Å². The normalized spacial score (nSPS) is 11.5. The van der Waals surface area contributed by atoms with Crippen LogP contribution in [0.3, 0.4) is 0 Å². The van der Waals surface area contributed by atoms with Crippen molar-refractivity contribution in [2.45, 2.75) is 84.5 Å². The van der Waals surface area contributed by atoms with Gasteiger partial charge in [0.05, 0.1) is 5.41 Å². The third-order valence-corrected chi connectivity index (χ3v) is 3.77. The van der Waals surface area contributed by atoms with E-state index in [4.69, 9.17) is 10.2 Å². The summed E-state index contributed by atoms with van der Waals surface area (Å²) in [5.74, 6) is -1.41. The molecule has 20 heavy (non-hydrogen) atoms. The van der Waals surface area contributed by atoms with Gasteiger partial charge in [-0.1, -0.05) is 51.4 Å². The van der Waals surface area contributed by atoms with Crippen LogP contribution in [-0.4, -0.2) is 22.2 Å². The van der Waals surface area contributed by atoms with Crippen LogP contribution in [0.4, 0.5) is 0 Å². The summed E-state index contributed by atoms with van der Waals surface area (Å²) in [7, 11) is 0. The largest absolute Gasteiger partial charge is 0.481 e. The van der Waals surface area contributed by atoms with E-state index in [-0.39, 0.29) is 0 Å². The van der Waals surface area contributed by atoms with Gasteiger partial charge in [-0.05, 0) is 26.7 Å². The maximum Gasteiger partial charge on any atom is 0.309 e. The van der Waals surface area contributed by atoms with E-state index >= 15 is 0 Å². The Hall–Kier alpha value is -1.06.